The van der Waals surface area contributed by atoms with Gasteiger partial charge in [-0.25, -0.2) is 4.79 Å². The summed E-state index contributed by atoms with van der Waals surface area (Å²) >= 11 is 0. The van der Waals surface area contributed by atoms with E-state index in [2.05, 4.69) is 19.2 Å². The number of carbonyl (C=O) groups excluding carboxylic acids is 1. The van der Waals surface area contributed by atoms with Crippen molar-refractivity contribution in [2.24, 2.45) is 5.41 Å². The third-order valence-electron chi connectivity index (χ3n) is 4.61. The zero-order valence-corrected chi connectivity index (χ0v) is 12.6. The van der Waals surface area contributed by atoms with E-state index in [1.165, 1.54) is 0 Å². The van der Waals surface area contributed by atoms with Crippen molar-refractivity contribution in [1.82, 2.24) is 10.2 Å². The zero-order chi connectivity index (χ0) is 14.8. The van der Waals surface area contributed by atoms with Crippen LogP contribution in [0.15, 0.2) is 0 Å². The predicted octanol–water partition coefficient (Wildman–Crippen LogP) is 2.61. The van der Waals surface area contributed by atoms with Gasteiger partial charge in [-0.1, -0.05) is 26.7 Å². The van der Waals surface area contributed by atoms with Crippen LogP contribution in [0.5, 0.6) is 0 Å². The second-order valence-electron chi connectivity index (χ2n) is 7.18. The minimum atomic E-state index is -0.828. The summed E-state index contributed by atoms with van der Waals surface area (Å²) in [4.78, 5) is 25.4. The summed E-state index contributed by atoms with van der Waals surface area (Å²) in [5.41, 5.74) is -0.365. The highest BCUT2D eigenvalue weighted by Gasteiger charge is 2.39. The summed E-state index contributed by atoms with van der Waals surface area (Å²) in [6.07, 6.45) is 5.75. The van der Waals surface area contributed by atoms with Crippen LogP contribution in [0.3, 0.4) is 0 Å². The van der Waals surface area contributed by atoms with Crippen molar-refractivity contribution in [3.63, 3.8) is 0 Å². The number of likely N-dealkylation sites (tertiary alicyclic amines) is 1. The molecule has 0 radical (unpaired) electrons. The Labute approximate surface area is 120 Å². The van der Waals surface area contributed by atoms with Gasteiger partial charge in [-0.3, -0.25) is 4.79 Å². The van der Waals surface area contributed by atoms with Gasteiger partial charge in [-0.2, -0.15) is 0 Å². The number of urea groups is 1. The molecule has 1 aliphatic carbocycles. The molecule has 0 spiro atoms. The van der Waals surface area contributed by atoms with Gasteiger partial charge in [-0.15, -0.1) is 0 Å². The van der Waals surface area contributed by atoms with Crippen LogP contribution >= 0.6 is 0 Å². The van der Waals surface area contributed by atoms with E-state index >= 15 is 0 Å². The summed E-state index contributed by atoms with van der Waals surface area (Å²) in [5, 5.41) is 12.1. The Bertz CT molecular complexity index is 387. The first-order valence-electron chi connectivity index (χ1n) is 7.61. The van der Waals surface area contributed by atoms with Gasteiger partial charge in [-0.05, 0) is 31.1 Å². The van der Waals surface area contributed by atoms with E-state index < -0.39 is 11.5 Å². The largest absolute Gasteiger partial charge is 0.481 e. The number of carboxylic acid groups (broad SMARTS) is 1. The molecule has 114 valence electrons. The van der Waals surface area contributed by atoms with Crippen molar-refractivity contribution in [2.45, 2.75) is 64.3 Å². The number of nitrogens with zero attached hydrogens (tertiary/aromatic N) is 1. The van der Waals surface area contributed by atoms with E-state index in [9.17, 15) is 9.59 Å². The number of hydrogen-bond donors (Lipinski definition) is 2. The molecule has 5 nitrogen and oxygen atoms in total. The van der Waals surface area contributed by atoms with Crippen molar-refractivity contribution in [3.8, 4) is 0 Å². The number of carboxylic acids is 1. The van der Waals surface area contributed by atoms with Crippen LogP contribution in [0.1, 0.15) is 58.8 Å². The smallest absolute Gasteiger partial charge is 0.317 e. The van der Waals surface area contributed by atoms with E-state index in [0.717, 1.165) is 51.6 Å². The van der Waals surface area contributed by atoms with Crippen LogP contribution < -0.4 is 5.32 Å². The number of hydrogen-bond acceptors (Lipinski definition) is 2. The van der Waals surface area contributed by atoms with Crippen LogP contribution in [-0.2, 0) is 4.79 Å². The van der Waals surface area contributed by atoms with Gasteiger partial charge >= 0.3 is 12.0 Å². The van der Waals surface area contributed by atoms with Gasteiger partial charge in [0.2, 0.25) is 0 Å². The van der Waals surface area contributed by atoms with Crippen molar-refractivity contribution < 1.29 is 14.7 Å². The topological polar surface area (TPSA) is 69.6 Å². The van der Waals surface area contributed by atoms with Crippen molar-refractivity contribution in [3.05, 3.63) is 0 Å². The lowest BCUT2D eigenvalue weighted by Gasteiger charge is -2.40. The summed E-state index contributed by atoms with van der Waals surface area (Å²) in [7, 11) is 0. The van der Waals surface area contributed by atoms with Crippen LogP contribution in [0.2, 0.25) is 0 Å². The molecule has 2 N–H and O–H groups in total. The fourth-order valence-corrected chi connectivity index (χ4v) is 3.59. The molecule has 1 aliphatic heterocycles. The van der Waals surface area contributed by atoms with Gasteiger partial charge in [0, 0.05) is 13.1 Å². The average Bonchev–Trinajstić information content (AvgIpc) is 2.75. The van der Waals surface area contributed by atoms with Crippen LogP contribution in [0.4, 0.5) is 4.79 Å². The molecule has 1 heterocycles. The molecule has 2 aliphatic rings. The van der Waals surface area contributed by atoms with Gasteiger partial charge in [0.05, 0.1) is 12.0 Å². The second-order valence-corrected chi connectivity index (χ2v) is 7.18. The number of aliphatic carboxylic acids is 1. The number of piperidine rings is 1. The lowest BCUT2D eigenvalue weighted by molar-refractivity contribution is -0.138. The summed E-state index contributed by atoms with van der Waals surface area (Å²) in [5.74, 6) is -0.828. The standard InChI is InChI=1S/C15H26N2O3/c1-14(2)6-5-9-17(11-14)13(20)16-15(10-12(18)19)7-3-4-8-15/h3-11H2,1-2H3,(H,16,20)(H,18,19). The minimum Gasteiger partial charge on any atom is -0.481 e. The molecule has 1 saturated carbocycles. The third kappa shape index (κ3) is 3.64. The Morgan fingerprint density at radius 2 is 1.80 bits per heavy atom. The Kier molecular flexibility index (Phi) is 4.25. The van der Waals surface area contributed by atoms with Crippen LogP contribution in [0.25, 0.3) is 0 Å². The first-order chi connectivity index (χ1) is 9.32. The van der Waals surface area contributed by atoms with Crippen molar-refractivity contribution in [2.75, 3.05) is 13.1 Å². The molecule has 0 aromatic rings. The maximum absolute atomic E-state index is 12.5. The molecule has 0 aromatic carbocycles. The van der Waals surface area contributed by atoms with Crippen molar-refractivity contribution >= 4 is 12.0 Å². The summed E-state index contributed by atoms with van der Waals surface area (Å²) in [6.45, 7) is 5.88. The van der Waals surface area contributed by atoms with Gasteiger partial charge < -0.3 is 15.3 Å². The average molecular weight is 282 g/mol. The van der Waals surface area contributed by atoms with Crippen LogP contribution in [-0.4, -0.2) is 40.6 Å². The summed E-state index contributed by atoms with van der Waals surface area (Å²) in [6, 6.07) is -0.0825. The maximum atomic E-state index is 12.5. The fraction of sp³-hybridized carbons (Fsp3) is 0.867. The number of amides is 2. The molecular formula is C15H26N2O3. The lowest BCUT2D eigenvalue weighted by Crippen LogP contribution is -2.55. The van der Waals surface area contributed by atoms with E-state index in [0.29, 0.717) is 0 Å². The highest BCUT2D eigenvalue weighted by Crippen LogP contribution is 2.34. The Morgan fingerprint density at radius 3 is 2.35 bits per heavy atom. The van der Waals surface area contributed by atoms with Crippen LogP contribution in [0, 0.1) is 5.41 Å². The normalized spacial score (nSPS) is 24.4. The minimum absolute atomic E-state index is 0.0377. The summed E-state index contributed by atoms with van der Waals surface area (Å²) < 4.78 is 0. The first kappa shape index (κ1) is 15.1. The molecule has 0 bridgehead atoms. The third-order valence-corrected chi connectivity index (χ3v) is 4.61. The monoisotopic (exact) mass is 282 g/mol. The quantitative estimate of drug-likeness (QED) is 0.836. The molecule has 5 heteroatoms. The highest BCUT2D eigenvalue weighted by molar-refractivity contribution is 5.77. The molecule has 0 unspecified atom stereocenters. The fourth-order valence-electron chi connectivity index (χ4n) is 3.59. The van der Waals surface area contributed by atoms with Gasteiger partial charge in [0.15, 0.2) is 0 Å². The Hall–Kier alpha value is -1.26. The second kappa shape index (κ2) is 5.62. The molecule has 2 amide bonds. The first-order valence-corrected chi connectivity index (χ1v) is 7.61. The highest BCUT2D eigenvalue weighted by atomic mass is 16.4. The lowest BCUT2D eigenvalue weighted by atomic mass is 9.84. The zero-order valence-electron chi connectivity index (χ0n) is 12.6. The molecule has 0 atom stereocenters. The number of nitrogens with one attached hydrogen (secondary N) is 1. The van der Waals surface area contributed by atoms with Gasteiger partial charge in [0.1, 0.15) is 0 Å². The van der Waals surface area contributed by atoms with Gasteiger partial charge in [0.25, 0.3) is 0 Å². The molecule has 0 aromatic heterocycles. The Balaban J connectivity index is 1.99. The molecule has 2 rings (SSSR count). The molecule has 2 fully saturated rings. The SMILES string of the molecule is CC1(C)CCCN(C(=O)NC2(CC(=O)O)CCCC2)C1. The maximum Gasteiger partial charge on any atom is 0.317 e. The number of rotatable bonds is 3. The van der Waals surface area contributed by atoms with E-state index in [1.807, 2.05) is 4.90 Å². The van der Waals surface area contributed by atoms with E-state index in [-0.39, 0.29) is 17.9 Å². The molecule has 1 saturated heterocycles. The molecule has 20 heavy (non-hydrogen) atoms. The Morgan fingerprint density at radius 1 is 1.15 bits per heavy atom. The molecular weight excluding hydrogens is 256 g/mol. The predicted molar refractivity (Wildman–Crippen MR) is 76.6 cm³/mol. The van der Waals surface area contributed by atoms with Crippen molar-refractivity contribution in [1.29, 1.82) is 0 Å². The number of carbonyl (C=O) groups is 2. The van der Waals surface area contributed by atoms with E-state index in [4.69, 9.17) is 5.11 Å². The van der Waals surface area contributed by atoms with E-state index in [1.54, 1.807) is 0 Å².